The maximum Gasteiger partial charge on any atom is 0.263 e. The van der Waals surface area contributed by atoms with E-state index >= 15 is 0 Å². The number of rotatable bonds is 5. The monoisotopic (exact) mass is 314 g/mol. The molecule has 1 aromatic carbocycles. The lowest BCUT2D eigenvalue weighted by Crippen LogP contribution is -2.07. The van der Waals surface area contributed by atoms with Gasteiger partial charge in [-0.3, -0.25) is 0 Å². The van der Waals surface area contributed by atoms with Crippen LogP contribution in [0.25, 0.3) is 5.69 Å². The number of benzene rings is 1. The number of nitrogens with zero attached hydrogens (tertiary/aromatic N) is 3. The summed E-state index contributed by atoms with van der Waals surface area (Å²) in [6.07, 6.45) is 0.765. The summed E-state index contributed by atoms with van der Waals surface area (Å²) in [6.45, 7) is 2.20. The van der Waals surface area contributed by atoms with E-state index in [4.69, 9.17) is 4.74 Å². The van der Waals surface area contributed by atoms with Gasteiger partial charge in [0.15, 0.2) is 0 Å². The van der Waals surface area contributed by atoms with Crippen molar-refractivity contribution in [2.45, 2.75) is 20.0 Å². The Balaban J connectivity index is 1.83. The molecule has 0 saturated carbocycles. The predicted octanol–water partition coefficient (Wildman–Crippen LogP) is 3.89. The molecular formula is C17H14F2N3O. The molecule has 0 saturated heterocycles. The lowest BCUT2D eigenvalue weighted by atomic mass is 10.2. The molecule has 23 heavy (non-hydrogen) atoms. The first-order chi connectivity index (χ1) is 11.1. The Hall–Kier alpha value is -2.76. The van der Waals surface area contributed by atoms with Crippen LogP contribution in [0.4, 0.5) is 8.78 Å². The van der Waals surface area contributed by atoms with E-state index in [0.717, 1.165) is 11.3 Å². The van der Waals surface area contributed by atoms with Gasteiger partial charge in [-0.05, 0) is 30.7 Å². The molecule has 1 radical (unpaired) electrons. The average Bonchev–Trinajstić information content (AvgIpc) is 2.95. The molecule has 6 heteroatoms. The van der Waals surface area contributed by atoms with E-state index in [9.17, 15) is 8.78 Å². The number of hydrogen-bond acceptors (Lipinski definition) is 3. The highest BCUT2D eigenvalue weighted by atomic mass is 19.3. The molecule has 0 spiro atoms. The third kappa shape index (κ3) is 3.36. The average molecular weight is 314 g/mol. The van der Waals surface area contributed by atoms with Gasteiger partial charge < -0.3 is 4.74 Å². The van der Waals surface area contributed by atoms with Gasteiger partial charge in [0, 0.05) is 23.9 Å². The Morgan fingerprint density at radius 1 is 1.22 bits per heavy atom. The zero-order valence-corrected chi connectivity index (χ0v) is 12.4. The first kappa shape index (κ1) is 15.1. The van der Waals surface area contributed by atoms with Crippen LogP contribution in [0.2, 0.25) is 0 Å². The molecule has 0 fully saturated rings. The van der Waals surface area contributed by atoms with Gasteiger partial charge in [-0.1, -0.05) is 12.1 Å². The minimum atomic E-state index is -2.48. The second-order valence-electron chi connectivity index (χ2n) is 4.96. The third-order valence-electron chi connectivity index (χ3n) is 3.41. The second-order valence-corrected chi connectivity index (χ2v) is 4.96. The van der Waals surface area contributed by atoms with E-state index in [2.05, 4.69) is 16.1 Å². The Morgan fingerprint density at radius 2 is 2.00 bits per heavy atom. The van der Waals surface area contributed by atoms with Crippen LogP contribution in [-0.4, -0.2) is 14.8 Å². The number of alkyl halides is 2. The van der Waals surface area contributed by atoms with Gasteiger partial charge in [0.2, 0.25) is 5.88 Å². The largest absolute Gasteiger partial charge is 0.471 e. The normalized spacial score (nSPS) is 11.0. The summed E-state index contributed by atoms with van der Waals surface area (Å²) in [7, 11) is 0. The third-order valence-corrected chi connectivity index (χ3v) is 3.41. The van der Waals surface area contributed by atoms with Gasteiger partial charge in [-0.15, -0.1) is 0 Å². The SMILES string of the molecule is Cc1cnn(-c2ccc(C(F)F)cc2)c1COc1cc[c]cn1. The van der Waals surface area contributed by atoms with Crippen molar-refractivity contribution < 1.29 is 13.5 Å². The first-order valence-corrected chi connectivity index (χ1v) is 7.02. The Morgan fingerprint density at radius 3 is 2.65 bits per heavy atom. The highest BCUT2D eigenvalue weighted by Gasteiger charge is 2.12. The molecule has 0 unspecified atom stereocenters. The van der Waals surface area contributed by atoms with Crippen molar-refractivity contribution in [3.63, 3.8) is 0 Å². The number of halogens is 2. The zero-order valence-electron chi connectivity index (χ0n) is 12.4. The fraction of sp³-hybridized carbons (Fsp3) is 0.176. The maximum atomic E-state index is 12.6. The van der Waals surface area contributed by atoms with Crippen molar-refractivity contribution in [3.8, 4) is 11.6 Å². The van der Waals surface area contributed by atoms with Gasteiger partial charge in [0.25, 0.3) is 6.43 Å². The molecule has 0 aliphatic rings. The number of pyridine rings is 1. The highest BCUT2D eigenvalue weighted by Crippen LogP contribution is 2.22. The molecule has 3 aromatic rings. The molecule has 0 amide bonds. The molecule has 0 N–H and O–H groups in total. The lowest BCUT2D eigenvalue weighted by Gasteiger charge is -2.10. The quantitative estimate of drug-likeness (QED) is 0.717. The molecule has 0 aliphatic heterocycles. The van der Waals surface area contributed by atoms with E-state index in [0.29, 0.717) is 11.6 Å². The first-order valence-electron chi connectivity index (χ1n) is 7.02. The van der Waals surface area contributed by atoms with E-state index < -0.39 is 6.43 Å². The number of ether oxygens (including phenoxy) is 1. The Labute approximate surface area is 132 Å². The molecule has 3 rings (SSSR count). The number of aromatic nitrogens is 3. The smallest absolute Gasteiger partial charge is 0.263 e. The maximum absolute atomic E-state index is 12.6. The van der Waals surface area contributed by atoms with Gasteiger partial charge in [0.1, 0.15) is 6.61 Å². The molecule has 0 atom stereocenters. The lowest BCUT2D eigenvalue weighted by molar-refractivity contribution is 0.151. The van der Waals surface area contributed by atoms with E-state index in [1.54, 1.807) is 35.1 Å². The van der Waals surface area contributed by atoms with E-state index in [1.807, 2.05) is 6.92 Å². The standard InChI is InChI=1S/C17H14F2N3O/c1-12-10-21-22(14-7-5-13(6-8-14)17(18)19)15(12)11-23-16-4-2-3-9-20-16/h2,4-10,17H,11H2,1H3. The van der Waals surface area contributed by atoms with E-state index in [1.165, 1.54) is 18.3 Å². The number of aryl methyl sites for hydroxylation is 1. The van der Waals surface area contributed by atoms with Crippen molar-refractivity contribution in [2.75, 3.05) is 0 Å². The number of hydrogen-bond donors (Lipinski definition) is 0. The summed E-state index contributed by atoms with van der Waals surface area (Å²) in [5.74, 6) is 0.490. The van der Waals surface area contributed by atoms with Crippen LogP contribution in [0.3, 0.4) is 0 Å². The fourth-order valence-electron chi connectivity index (χ4n) is 2.15. The van der Waals surface area contributed by atoms with Crippen LogP contribution >= 0.6 is 0 Å². The van der Waals surface area contributed by atoms with Gasteiger partial charge in [-0.2, -0.15) is 5.10 Å². The van der Waals surface area contributed by atoms with Crippen LogP contribution < -0.4 is 4.74 Å². The summed E-state index contributed by atoms with van der Waals surface area (Å²) in [5.41, 5.74) is 2.48. The second kappa shape index (κ2) is 6.56. The van der Waals surface area contributed by atoms with Gasteiger partial charge in [0.05, 0.1) is 17.6 Å². The molecular weight excluding hydrogens is 300 g/mol. The van der Waals surface area contributed by atoms with Crippen LogP contribution in [0.15, 0.2) is 48.8 Å². The van der Waals surface area contributed by atoms with Crippen molar-refractivity contribution in [2.24, 2.45) is 0 Å². The molecule has 0 bridgehead atoms. The fourth-order valence-corrected chi connectivity index (χ4v) is 2.15. The van der Waals surface area contributed by atoms with Crippen LogP contribution in [-0.2, 0) is 6.61 Å². The summed E-state index contributed by atoms with van der Waals surface area (Å²) >= 11 is 0. The minimum Gasteiger partial charge on any atom is -0.471 e. The predicted molar refractivity (Wildman–Crippen MR) is 80.7 cm³/mol. The highest BCUT2D eigenvalue weighted by molar-refractivity contribution is 5.37. The zero-order chi connectivity index (χ0) is 16.2. The molecule has 117 valence electrons. The van der Waals surface area contributed by atoms with Crippen LogP contribution in [0.1, 0.15) is 23.2 Å². The van der Waals surface area contributed by atoms with Gasteiger partial charge in [-0.25, -0.2) is 18.4 Å². The molecule has 4 nitrogen and oxygen atoms in total. The topological polar surface area (TPSA) is 39.9 Å². The van der Waals surface area contributed by atoms with Crippen molar-refractivity contribution in [1.29, 1.82) is 0 Å². The minimum absolute atomic E-state index is 0.0137. The summed E-state index contributed by atoms with van der Waals surface area (Å²) in [6, 6.07) is 12.3. The summed E-state index contributed by atoms with van der Waals surface area (Å²) < 4.78 is 32.6. The van der Waals surface area contributed by atoms with Crippen LogP contribution in [0.5, 0.6) is 5.88 Å². The Kier molecular flexibility index (Phi) is 4.32. The van der Waals surface area contributed by atoms with Crippen molar-refractivity contribution in [1.82, 2.24) is 14.8 Å². The summed E-state index contributed by atoms with van der Waals surface area (Å²) in [5, 5.41) is 4.30. The van der Waals surface area contributed by atoms with Crippen LogP contribution in [0, 0.1) is 13.0 Å². The molecule has 2 aromatic heterocycles. The van der Waals surface area contributed by atoms with Crippen molar-refractivity contribution >= 4 is 0 Å². The Bertz CT molecular complexity index is 770. The summed E-state index contributed by atoms with van der Waals surface area (Å²) in [4.78, 5) is 4.05. The van der Waals surface area contributed by atoms with E-state index in [-0.39, 0.29) is 12.2 Å². The molecule has 2 heterocycles. The van der Waals surface area contributed by atoms with Gasteiger partial charge >= 0.3 is 0 Å². The molecule has 0 aliphatic carbocycles. The van der Waals surface area contributed by atoms with Crippen molar-refractivity contribution in [3.05, 3.63) is 71.7 Å².